The van der Waals surface area contributed by atoms with Crippen LogP contribution in [0.4, 0.5) is 24.5 Å². The lowest BCUT2D eigenvalue weighted by molar-refractivity contribution is -0.384. The minimum absolute atomic E-state index is 0.105. The van der Waals surface area contributed by atoms with Crippen LogP contribution in [0.5, 0.6) is 0 Å². The lowest BCUT2D eigenvalue weighted by atomic mass is 10.2. The van der Waals surface area contributed by atoms with E-state index in [9.17, 15) is 31.7 Å². The second kappa shape index (κ2) is 6.23. The van der Waals surface area contributed by atoms with Gasteiger partial charge in [0, 0.05) is 12.0 Å². The first-order chi connectivity index (χ1) is 12.1. The van der Waals surface area contributed by atoms with E-state index >= 15 is 0 Å². The third-order valence-electron chi connectivity index (χ3n) is 3.62. The Balaban J connectivity index is 1.83. The van der Waals surface area contributed by atoms with E-state index in [1.807, 2.05) is 0 Å². The van der Waals surface area contributed by atoms with Crippen LogP contribution in [-0.2, 0) is 16.4 Å². The topological polar surface area (TPSA) is 128 Å². The Labute approximate surface area is 144 Å². The SMILES string of the molecule is O=[N+]([O-])c1cc(S(=O)(=O)C(F)(F)F)ccc1NCc1nnc(C2CC2)o1. The summed E-state index contributed by atoms with van der Waals surface area (Å²) in [6, 6.07) is 1.88. The van der Waals surface area contributed by atoms with Gasteiger partial charge in [-0.1, -0.05) is 0 Å². The standard InChI is InChI=1S/C13H11F3N4O5S/c14-13(15,16)26(23,24)8-3-4-9(10(5-8)20(21)22)17-6-11-18-19-12(25-11)7-1-2-7/h3-5,7,17H,1-2,6H2. The summed E-state index contributed by atoms with van der Waals surface area (Å²) in [5.74, 6) is 0.827. The maximum absolute atomic E-state index is 12.6. The summed E-state index contributed by atoms with van der Waals surface area (Å²) in [4.78, 5) is 8.90. The molecule has 1 fully saturated rings. The Morgan fingerprint density at radius 1 is 1.31 bits per heavy atom. The molecular formula is C13H11F3N4O5S. The van der Waals surface area contributed by atoms with Crippen LogP contribution in [-0.4, -0.2) is 29.0 Å². The van der Waals surface area contributed by atoms with Crippen molar-refractivity contribution in [2.45, 2.75) is 35.7 Å². The normalized spacial score (nSPS) is 15.0. The summed E-state index contributed by atoms with van der Waals surface area (Å²) < 4.78 is 65.9. The summed E-state index contributed by atoms with van der Waals surface area (Å²) in [5, 5.41) is 21.3. The highest BCUT2D eigenvalue weighted by Crippen LogP contribution is 2.39. The molecule has 0 aliphatic heterocycles. The maximum atomic E-state index is 12.6. The molecule has 0 unspecified atom stereocenters. The third kappa shape index (κ3) is 3.47. The molecule has 0 spiro atoms. The van der Waals surface area contributed by atoms with Crippen molar-refractivity contribution in [1.82, 2.24) is 10.2 Å². The molecule has 1 aromatic heterocycles. The Bertz CT molecular complexity index is 953. The van der Waals surface area contributed by atoms with Crippen molar-refractivity contribution in [2.75, 3.05) is 5.32 Å². The fourth-order valence-electron chi connectivity index (χ4n) is 2.12. The number of benzene rings is 1. The highest BCUT2D eigenvalue weighted by Gasteiger charge is 2.47. The molecule has 0 radical (unpaired) electrons. The van der Waals surface area contributed by atoms with Gasteiger partial charge in [0.05, 0.1) is 16.4 Å². The van der Waals surface area contributed by atoms with E-state index < -0.39 is 30.9 Å². The van der Waals surface area contributed by atoms with Crippen LogP contribution in [0, 0.1) is 10.1 Å². The van der Waals surface area contributed by atoms with Crippen LogP contribution in [0.25, 0.3) is 0 Å². The average molecular weight is 392 g/mol. The molecule has 1 N–H and O–H groups in total. The largest absolute Gasteiger partial charge is 0.501 e. The predicted molar refractivity (Wildman–Crippen MR) is 79.9 cm³/mol. The van der Waals surface area contributed by atoms with E-state index in [2.05, 4.69) is 15.5 Å². The zero-order valence-electron chi connectivity index (χ0n) is 12.9. The highest BCUT2D eigenvalue weighted by atomic mass is 32.2. The van der Waals surface area contributed by atoms with E-state index in [4.69, 9.17) is 4.42 Å². The number of alkyl halides is 3. The van der Waals surface area contributed by atoms with Gasteiger partial charge >= 0.3 is 5.51 Å². The van der Waals surface area contributed by atoms with Gasteiger partial charge in [-0.05, 0) is 25.0 Å². The molecule has 1 heterocycles. The number of nitrogens with one attached hydrogen (secondary N) is 1. The van der Waals surface area contributed by atoms with Gasteiger partial charge in [0.1, 0.15) is 5.69 Å². The molecule has 9 nitrogen and oxygen atoms in total. The number of nitro benzene ring substituents is 1. The number of rotatable bonds is 6. The molecule has 140 valence electrons. The molecule has 0 atom stereocenters. The molecule has 1 aliphatic carbocycles. The van der Waals surface area contributed by atoms with Crippen molar-refractivity contribution in [3.8, 4) is 0 Å². The number of anilines is 1. The van der Waals surface area contributed by atoms with E-state index in [0.29, 0.717) is 18.0 Å². The van der Waals surface area contributed by atoms with Crippen LogP contribution >= 0.6 is 0 Å². The van der Waals surface area contributed by atoms with Gasteiger partial charge in [-0.2, -0.15) is 13.2 Å². The maximum Gasteiger partial charge on any atom is 0.501 e. The first-order valence-electron chi connectivity index (χ1n) is 7.25. The van der Waals surface area contributed by atoms with Crippen molar-refractivity contribution in [2.24, 2.45) is 0 Å². The van der Waals surface area contributed by atoms with Gasteiger partial charge in [-0.15, -0.1) is 10.2 Å². The van der Waals surface area contributed by atoms with Crippen molar-refractivity contribution < 1.29 is 30.9 Å². The molecule has 0 saturated heterocycles. The summed E-state index contributed by atoms with van der Waals surface area (Å²) in [6.45, 7) is -0.105. The van der Waals surface area contributed by atoms with E-state index in [0.717, 1.165) is 18.9 Å². The summed E-state index contributed by atoms with van der Waals surface area (Å²) in [7, 11) is -5.69. The first kappa shape index (κ1) is 18.1. The molecule has 26 heavy (non-hydrogen) atoms. The lowest BCUT2D eigenvalue weighted by Gasteiger charge is -2.10. The Morgan fingerprint density at radius 3 is 2.58 bits per heavy atom. The zero-order chi connectivity index (χ0) is 19.1. The quantitative estimate of drug-likeness (QED) is 0.587. The van der Waals surface area contributed by atoms with Gasteiger partial charge < -0.3 is 9.73 Å². The molecule has 1 aromatic carbocycles. The molecule has 2 aromatic rings. The third-order valence-corrected chi connectivity index (χ3v) is 5.10. The second-order valence-electron chi connectivity index (χ2n) is 5.55. The summed E-state index contributed by atoms with van der Waals surface area (Å²) in [6.07, 6.45) is 1.88. The van der Waals surface area contributed by atoms with Gasteiger partial charge in [0.2, 0.25) is 11.8 Å². The van der Waals surface area contributed by atoms with Gasteiger partial charge in [-0.3, -0.25) is 10.1 Å². The molecule has 0 amide bonds. The number of nitro groups is 1. The number of halogens is 3. The van der Waals surface area contributed by atoms with Crippen molar-refractivity contribution in [1.29, 1.82) is 0 Å². The van der Waals surface area contributed by atoms with Crippen LogP contribution in [0.15, 0.2) is 27.5 Å². The highest BCUT2D eigenvalue weighted by molar-refractivity contribution is 7.92. The average Bonchev–Trinajstić information content (AvgIpc) is 3.30. The number of aromatic nitrogens is 2. The van der Waals surface area contributed by atoms with Crippen LogP contribution in [0.1, 0.15) is 30.5 Å². The smallest absolute Gasteiger partial charge is 0.423 e. The van der Waals surface area contributed by atoms with Gasteiger partial charge in [-0.25, -0.2) is 8.42 Å². The zero-order valence-corrected chi connectivity index (χ0v) is 13.7. The number of hydrogen-bond donors (Lipinski definition) is 1. The van der Waals surface area contributed by atoms with Crippen molar-refractivity contribution in [3.63, 3.8) is 0 Å². The Morgan fingerprint density at radius 2 is 2.00 bits per heavy atom. The van der Waals surface area contributed by atoms with Gasteiger partial charge in [0.15, 0.2) is 0 Å². The van der Waals surface area contributed by atoms with Crippen molar-refractivity contribution >= 4 is 21.2 Å². The van der Waals surface area contributed by atoms with Crippen molar-refractivity contribution in [3.05, 3.63) is 40.1 Å². The molecule has 13 heteroatoms. The number of sulfone groups is 1. The van der Waals surface area contributed by atoms with E-state index in [1.54, 1.807) is 0 Å². The molecule has 3 rings (SSSR count). The van der Waals surface area contributed by atoms with Gasteiger partial charge in [0.25, 0.3) is 15.5 Å². The summed E-state index contributed by atoms with van der Waals surface area (Å²) >= 11 is 0. The van der Waals surface area contributed by atoms with Crippen LogP contribution in [0.3, 0.4) is 0 Å². The molecule has 1 aliphatic rings. The number of hydrogen-bond acceptors (Lipinski definition) is 8. The predicted octanol–water partition coefficient (Wildman–Crippen LogP) is 2.76. The molecule has 0 bridgehead atoms. The Hall–Kier alpha value is -2.70. The Kier molecular flexibility index (Phi) is 4.34. The van der Waals surface area contributed by atoms with Crippen LogP contribution in [0.2, 0.25) is 0 Å². The molecule has 1 saturated carbocycles. The second-order valence-corrected chi connectivity index (χ2v) is 7.49. The summed E-state index contributed by atoms with van der Waals surface area (Å²) in [5.41, 5.74) is -6.56. The monoisotopic (exact) mass is 392 g/mol. The molecular weight excluding hydrogens is 381 g/mol. The first-order valence-corrected chi connectivity index (χ1v) is 8.74. The van der Waals surface area contributed by atoms with E-state index in [1.165, 1.54) is 0 Å². The minimum Gasteiger partial charge on any atom is -0.423 e. The fourth-order valence-corrected chi connectivity index (χ4v) is 2.90. The fraction of sp³-hybridized carbons (Fsp3) is 0.385. The minimum atomic E-state index is -5.69. The van der Waals surface area contributed by atoms with Crippen LogP contribution < -0.4 is 5.32 Å². The lowest BCUT2D eigenvalue weighted by Crippen LogP contribution is -2.23. The number of nitrogens with zero attached hydrogens (tertiary/aromatic N) is 3. The van der Waals surface area contributed by atoms with E-state index in [-0.39, 0.29) is 24.0 Å².